The summed E-state index contributed by atoms with van der Waals surface area (Å²) in [7, 11) is 1.73. The fraction of sp³-hybridized carbons (Fsp3) is 0.571. The highest BCUT2D eigenvalue weighted by atomic mass is 16.5. The standard InChI is InChI=1S/C14H21N5O2/c1-3-15-11-8-19-6-5-16-13(19)12(18-11)17-9-14(20-2)4-7-21-10-14/h5-6,8,15H,3-4,7,9-10H2,1-2H3,(H,17,18). The molecular weight excluding hydrogens is 270 g/mol. The lowest BCUT2D eigenvalue weighted by atomic mass is 10.0. The second-order valence-electron chi connectivity index (χ2n) is 5.21. The molecule has 1 atom stereocenters. The maximum Gasteiger partial charge on any atom is 0.180 e. The van der Waals surface area contributed by atoms with E-state index in [4.69, 9.17) is 9.47 Å². The number of hydrogen-bond donors (Lipinski definition) is 2. The monoisotopic (exact) mass is 291 g/mol. The summed E-state index contributed by atoms with van der Waals surface area (Å²) in [5.74, 6) is 1.57. The van der Waals surface area contributed by atoms with Crippen molar-refractivity contribution in [3.8, 4) is 0 Å². The molecule has 7 nitrogen and oxygen atoms in total. The lowest BCUT2D eigenvalue weighted by Gasteiger charge is -2.26. The molecule has 2 N–H and O–H groups in total. The van der Waals surface area contributed by atoms with Crippen molar-refractivity contribution in [2.75, 3.05) is 44.0 Å². The zero-order chi connectivity index (χ0) is 14.7. The van der Waals surface area contributed by atoms with Crippen LogP contribution in [0.15, 0.2) is 18.6 Å². The van der Waals surface area contributed by atoms with Crippen LogP contribution in [0.2, 0.25) is 0 Å². The molecule has 2 aromatic rings. The van der Waals surface area contributed by atoms with Crippen LogP contribution in [0.4, 0.5) is 11.6 Å². The van der Waals surface area contributed by atoms with Crippen LogP contribution in [0, 0.1) is 0 Å². The summed E-state index contributed by atoms with van der Waals surface area (Å²) in [5.41, 5.74) is 0.529. The molecule has 0 aromatic carbocycles. The summed E-state index contributed by atoms with van der Waals surface area (Å²) in [6.07, 6.45) is 6.49. The maximum atomic E-state index is 5.63. The number of ether oxygens (including phenoxy) is 2. The molecule has 1 aliphatic heterocycles. The zero-order valence-electron chi connectivity index (χ0n) is 12.4. The Morgan fingerprint density at radius 2 is 2.38 bits per heavy atom. The number of fused-ring (bicyclic) bond motifs is 1. The van der Waals surface area contributed by atoms with E-state index < -0.39 is 0 Å². The molecule has 21 heavy (non-hydrogen) atoms. The van der Waals surface area contributed by atoms with E-state index in [2.05, 4.69) is 20.6 Å². The first-order valence-corrected chi connectivity index (χ1v) is 7.21. The third kappa shape index (κ3) is 2.79. The summed E-state index contributed by atoms with van der Waals surface area (Å²) in [4.78, 5) is 8.94. The molecule has 0 radical (unpaired) electrons. The van der Waals surface area contributed by atoms with E-state index in [9.17, 15) is 0 Å². The fourth-order valence-electron chi connectivity index (χ4n) is 2.52. The van der Waals surface area contributed by atoms with Gasteiger partial charge in [-0.1, -0.05) is 0 Å². The predicted octanol–water partition coefficient (Wildman–Crippen LogP) is 1.38. The van der Waals surface area contributed by atoms with Gasteiger partial charge in [0, 0.05) is 45.6 Å². The smallest absolute Gasteiger partial charge is 0.180 e. The molecule has 0 aliphatic carbocycles. The number of rotatable bonds is 6. The topological polar surface area (TPSA) is 72.7 Å². The van der Waals surface area contributed by atoms with E-state index in [1.807, 2.05) is 23.7 Å². The third-order valence-corrected chi connectivity index (χ3v) is 3.81. The highest BCUT2D eigenvalue weighted by Crippen LogP contribution is 2.24. The van der Waals surface area contributed by atoms with Crippen molar-refractivity contribution in [3.63, 3.8) is 0 Å². The van der Waals surface area contributed by atoms with Gasteiger partial charge in [0.05, 0.1) is 12.8 Å². The summed E-state index contributed by atoms with van der Waals surface area (Å²) in [5, 5.41) is 6.59. The van der Waals surface area contributed by atoms with E-state index >= 15 is 0 Å². The Kier molecular flexibility index (Phi) is 3.94. The highest BCUT2D eigenvalue weighted by Gasteiger charge is 2.35. The number of nitrogens with zero attached hydrogens (tertiary/aromatic N) is 3. The van der Waals surface area contributed by atoms with Crippen molar-refractivity contribution in [2.24, 2.45) is 0 Å². The van der Waals surface area contributed by atoms with Gasteiger partial charge < -0.3 is 24.5 Å². The van der Waals surface area contributed by atoms with Gasteiger partial charge >= 0.3 is 0 Å². The molecule has 1 aliphatic rings. The number of methoxy groups -OCH3 is 1. The van der Waals surface area contributed by atoms with Crippen molar-refractivity contribution in [1.82, 2.24) is 14.4 Å². The summed E-state index contributed by atoms with van der Waals surface area (Å²) < 4.78 is 13.0. The Hall–Kier alpha value is -1.86. The molecule has 0 amide bonds. The SMILES string of the molecule is CCNc1cn2ccnc2c(NCC2(OC)CCOC2)n1. The lowest BCUT2D eigenvalue weighted by Crippen LogP contribution is -2.39. The first-order chi connectivity index (χ1) is 10.3. The Bertz CT molecular complexity index is 606. The third-order valence-electron chi connectivity index (χ3n) is 3.81. The number of imidazole rings is 1. The Balaban J connectivity index is 1.83. The number of hydrogen-bond acceptors (Lipinski definition) is 6. The molecule has 0 spiro atoms. The van der Waals surface area contributed by atoms with Gasteiger partial charge in [-0.3, -0.25) is 0 Å². The molecule has 0 bridgehead atoms. The average Bonchev–Trinajstić information content (AvgIpc) is 3.15. The molecule has 1 saturated heterocycles. The van der Waals surface area contributed by atoms with Gasteiger partial charge in [-0.25, -0.2) is 9.97 Å². The lowest BCUT2D eigenvalue weighted by molar-refractivity contribution is -0.00623. The van der Waals surface area contributed by atoms with E-state index in [1.165, 1.54) is 0 Å². The van der Waals surface area contributed by atoms with Gasteiger partial charge in [0.2, 0.25) is 0 Å². The van der Waals surface area contributed by atoms with Crippen LogP contribution in [0.5, 0.6) is 0 Å². The highest BCUT2D eigenvalue weighted by molar-refractivity contribution is 5.65. The van der Waals surface area contributed by atoms with Crippen molar-refractivity contribution in [2.45, 2.75) is 18.9 Å². The van der Waals surface area contributed by atoms with E-state index in [-0.39, 0.29) is 5.60 Å². The Morgan fingerprint density at radius 1 is 1.48 bits per heavy atom. The quantitative estimate of drug-likeness (QED) is 0.837. The average molecular weight is 291 g/mol. The Morgan fingerprint density at radius 3 is 3.10 bits per heavy atom. The molecule has 7 heteroatoms. The van der Waals surface area contributed by atoms with Crippen molar-refractivity contribution < 1.29 is 9.47 Å². The summed E-state index contributed by atoms with van der Waals surface area (Å²) in [6, 6.07) is 0. The minimum absolute atomic E-state index is 0.278. The summed E-state index contributed by atoms with van der Waals surface area (Å²) >= 11 is 0. The van der Waals surface area contributed by atoms with E-state index in [1.54, 1.807) is 13.3 Å². The molecular formula is C14H21N5O2. The van der Waals surface area contributed by atoms with Gasteiger partial charge in [-0.05, 0) is 6.92 Å². The largest absolute Gasteiger partial charge is 0.378 e. The van der Waals surface area contributed by atoms with Crippen LogP contribution in [0.25, 0.3) is 5.65 Å². The number of nitrogens with one attached hydrogen (secondary N) is 2. The second kappa shape index (κ2) is 5.87. The van der Waals surface area contributed by atoms with Crippen molar-refractivity contribution >= 4 is 17.3 Å². The molecule has 3 heterocycles. The first kappa shape index (κ1) is 14.1. The van der Waals surface area contributed by atoms with E-state index in [0.717, 1.165) is 36.9 Å². The second-order valence-corrected chi connectivity index (χ2v) is 5.21. The van der Waals surface area contributed by atoms with Crippen LogP contribution >= 0.6 is 0 Å². The van der Waals surface area contributed by atoms with Gasteiger partial charge in [0.1, 0.15) is 11.4 Å². The normalized spacial score (nSPS) is 21.8. The molecule has 0 saturated carbocycles. The van der Waals surface area contributed by atoms with Crippen LogP contribution in [-0.4, -0.2) is 53.4 Å². The first-order valence-electron chi connectivity index (χ1n) is 7.21. The van der Waals surface area contributed by atoms with Gasteiger partial charge in [0.15, 0.2) is 11.5 Å². The predicted molar refractivity (Wildman–Crippen MR) is 80.8 cm³/mol. The zero-order valence-corrected chi connectivity index (χ0v) is 12.4. The molecule has 114 valence electrons. The molecule has 3 rings (SSSR count). The summed E-state index contributed by atoms with van der Waals surface area (Å²) in [6.45, 7) is 4.85. The minimum Gasteiger partial charge on any atom is -0.378 e. The van der Waals surface area contributed by atoms with Crippen molar-refractivity contribution in [1.29, 1.82) is 0 Å². The van der Waals surface area contributed by atoms with E-state index in [0.29, 0.717) is 13.2 Å². The van der Waals surface area contributed by atoms with Crippen LogP contribution in [0.3, 0.4) is 0 Å². The minimum atomic E-state index is -0.278. The van der Waals surface area contributed by atoms with Crippen LogP contribution in [0.1, 0.15) is 13.3 Å². The van der Waals surface area contributed by atoms with Crippen LogP contribution in [-0.2, 0) is 9.47 Å². The van der Waals surface area contributed by atoms with Gasteiger partial charge in [-0.2, -0.15) is 0 Å². The van der Waals surface area contributed by atoms with Gasteiger partial charge in [0.25, 0.3) is 0 Å². The number of anilines is 2. The van der Waals surface area contributed by atoms with Gasteiger partial charge in [-0.15, -0.1) is 0 Å². The number of aromatic nitrogens is 3. The molecule has 1 unspecified atom stereocenters. The molecule has 1 fully saturated rings. The Labute approximate surface area is 123 Å². The fourth-order valence-corrected chi connectivity index (χ4v) is 2.52. The molecule has 2 aromatic heterocycles. The van der Waals surface area contributed by atoms with Crippen molar-refractivity contribution in [3.05, 3.63) is 18.6 Å². The van der Waals surface area contributed by atoms with Crippen LogP contribution < -0.4 is 10.6 Å². The maximum absolute atomic E-state index is 5.63.